The lowest BCUT2D eigenvalue weighted by Gasteiger charge is -2.28. The van der Waals surface area contributed by atoms with Gasteiger partial charge in [-0.2, -0.15) is 0 Å². The number of fused-ring (bicyclic) bond motifs is 2. The average molecular weight is 350 g/mol. The van der Waals surface area contributed by atoms with Crippen LogP contribution in [-0.4, -0.2) is 21.1 Å². The average Bonchev–Trinajstić information content (AvgIpc) is 2.60. The van der Waals surface area contributed by atoms with E-state index in [9.17, 15) is 20.1 Å². The zero-order valence-electron chi connectivity index (χ0n) is 13.0. The summed E-state index contributed by atoms with van der Waals surface area (Å²) < 4.78 is 0. The summed E-state index contributed by atoms with van der Waals surface area (Å²) in [4.78, 5) is 13.7. The molecule has 0 unspecified atom stereocenters. The smallest absolute Gasteiger partial charge is 0.201 e. The van der Waals surface area contributed by atoms with Crippen LogP contribution in [0.25, 0.3) is 0 Å². The molecular weight excluding hydrogens is 336 g/mol. The van der Waals surface area contributed by atoms with Gasteiger partial charge in [0, 0.05) is 4.90 Å². The summed E-state index contributed by atoms with van der Waals surface area (Å²) in [6.45, 7) is 0. The normalized spacial score (nSPS) is 13.4. The van der Waals surface area contributed by atoms with Crippen molar-refractivity contribution in [1.29, 1.82) is 0 Å². The molecule has 0 atom stereocenters. The van der Waals surface area contributed by atoms with Crippen LogP contribution in [0.15, 0.2) is 65.6 Å². The van der Waals surface area contributed by atoms with Crippen LogP contribution in [0.3, 0.4) is 0 Å². The van der Waals surface area contributed by atoms with Crippen molar-refractivity contribution in [3.05, 3.63) is 82.9 Å². The van der Waals surface area contributed by atoms with E-state index in [0.29, 0.717) is 11.1 Å². The van der Waals surface area contributed by atoms with E-state index in [2.05, 4.69) is 0 Å². The van der Waals surface area contributed by atoms with Crippen LogP contribution >= 0.6 is 11.8 Å². The van der Waals surface area contributed by atoms with Gasteiger partial charge in [0.05, 0.1) is 16.4 Å². The first-order chi connectivity index (χ1) is 12.1. The van der Waals surface area contributed by atoms with Crippen molar-refractivity contribution in [3.63, 3.8) is 0 Å². The van der Waals surface area contributed by atoms with E-state index in [4.69, 9.17) is 0 Å². The summed E-state index contributed by atoms with van der Waals surface area (Å²) in [6.07, 6.45) is 0. The molecule has 1 aliphatic rings. The van der Waals surface area contributed by atoms with Gasteiger partial charge in [0.2, 0.25) is 5.78 Å². The van der Waals surface area contributed by atoms with Gasteiger partial charge in [0.25, 0.3) is 0 Å². The molecule has 0 radical (unpaired) electrons. The van der Waals surface area contributed by atoms with E-state index in [1.807, 2.05) is 12.1 Å². The maximum absolute atomic E-state index is 12.8. The van der Waals surface area contributed by atoms with E-state index in [-0.39, 0.29) is 39.4 Å². The minimum atomic E-state index is -0.372. The molecule has 0 spiro atoms. The number of hydrogen-bond acceptors (Lipinski definition) is 5. The molecule has 4 nitrogen and oxygen atoms in total. The molecule has 0 heterocycles. The van der Waals surface area contributed by atoms with Crippen LogP contribution in [0.5, 0.6) is 17.2 Å². The molecular formula is C20H14O4S. The maximum Gasteiger partial charge on any atom is 0.201 e. The number of carbonyl (C=O) groups excluding carboxylic acids is 1. The van der Waals surface area contributed by atoms with Crippen molar-refractivity contribution >= 4 is 17.5 Å². The molecule has 0 amide bonds. The third kappa shape index (κ3) is 2.53. The van der Waals surface area contributed by atoms with Gasteiger partial charge in [-0.3, -0.25) is 4.79 Å². The Bertz CT molecular complexity index is 924. The van der Waals surface area contributed by atoms with Crippen molar-refractivity contribution in [2.75, 3.05) is 0 Å². The molecule has 4 rings (SSSR count). The molecule has 124 valence electrons. The molecule has 0 aliphatic heterocycles. The lowest BCUT2D eigenvalue weighted by Crippen LogP contribution is -2.18. The van der Waals surface area contributed by atoms with Crippen LogP contribution in [0.1, 0.15) is 32.3 Å². The van der Waals surface area contributed by atoms with E-state index < -0.39 is 0 Å². The van der Waals surface area contributed by atoms with Gasteiger partial charge in [0.15, 0.2) is 0 Å². The zero-order valence-corrected chi connectivity index (χ0v) is 13.8. The number of hydrogen-bond donors (Lipinski definition) is 3. The number of thioether (sulfide) groups is 1. The molecule has 0 saturated heterocycles. The quantitative estimate of drug-likeness (QED) is 0.645. The Morgan fingerprint density at radius 3 is 1.76 bits per heavy atom. The number of phenols is 3. The largest absolute Gasteiger partial charge is 0.508 e. The van der Waals surface area contributed by atoms with Gasteiger partial charge in [0.1, 0.15) is 17.2 Å². The molecule has 25 heavy (non-hydrogen) atoms. The third-order valence-electron chi connectivity index (χ3n) is 4.26. The van der Waals surface area contributed by atoms with Crippen molar-refractivity contribution in [2.24, 2.45) is 0 Å². The van der Waals surface area contributed by atoms with Gasteiger partial charge in [-0.15, -0.1) is 11.8 Å². The molecule has 5 heteroatoms. The lowest BCUT2D eigenvalue weighted by atomic mass is 9.83. The summed E-state index contributed by atoms with van der Waals surface area (Å²) in [7, 11) is 0. The summed E-state index contributed by atoms with van der Waals surface area (Å²) in [6, 6.07) is 16.8. The van der Waals surface area contributed by atoms with Gasteiger partial charge >= 0.3 is 0 Å². The fourth-order valence-electron chi connectivity index (χ4n) is 3.13. The highest BCUT2D eigenvalue weighted by Crippen LogP contribution is 2.50. The molecule has 0 saturated carbocycles. The SMILES string of the molecule is O=C1c2c(O)cccc2C(Sc2ccc(O)cc2)c2cccc(O)c21. The number of phenolic OH excluding ortho intramolecular Hbond substituents is 3. The van der Waals surface area contributed by atoms with Crippen LogP contribution in [0, 0.1) is 0 Å². The Balaban J connectivity index is 1.91. The first-order valence-electron chi connectivity index (χ1n) is 7.70. The number of aromatic hydroxyl groups is 3. The monoisotopic (exact) mass is 350 g/mol. The number of rotatable bonds is 2. The van der Waals surface area contributed by atoms with E-state index in [1.165, 1.54) is 23.9 Å². The predicted octanol–water partition coefficient (Wildman–Crippen LogP) is 4.23. The van der Waals surface area contributed by atoms with E-state index in [0.717, 1.165) is 4.90 Å². The van der Waals surface area contributed by atoms with E-state index >= 15 is 0 Å². The van der Waals surface area contributed by atoms with E-state index in [1.54, 1.807) is 36.4 Å². The Hall–Kier alpha value is -2.92. The Labute approximate surface area is 148 Å². The summed E-state index contributed by atoms with van der Waals surface area (Å²) >= 11 is 1.49. The summed E-state index contributed by atoms with van der Waals surface area (Å²) in [5.41, 5.74) is 1.88. The second-order valence-corrected chi connectivity index (χ2v) is 6.98. The maximum atomic E-state index is 12.8. The molecule has 0 bridgehead atoms. The van der Waals surface area contributed by atoms with Gasteiger partial charge in [-0.1, -0.05) is 24.3 Å². The van der Waals surface area contributed by atoms with Crippen molar-refractivity contribution in [3.8, 4) is 17.2 Å². The zero-order chi connectivity index (χ0) is 17.6. The van der Waals surface area contributed by atoms with Crippen molar-refractivity contribution < 1.29 is 20.1 Å². The van der Waals surface area contributed by atoms with Gasteiger partial charge < -0.3 is 15.3 Å². The minimum Gasteiger partial charge on any atom is -0.508 e. The Morgan fingerprint density at radius 2 is 1.24 bits per heavy atom. The highest BCUT2D eigenvalue weighted by Gasteiger charge is 2.35. The lowest BCUT2D eigenvalue weighted by molar-refractivity contribution is 0.102. The molecule has 3 aromatic rings. The van der Waals surface area contributed by atoms with Crippen LogP contribution in [-0.2, 0) is 0 Å². The molecule has 0 fully saturated rings. The highest BCUT2D eigenvalue weighted by molar-refractivity contribution is 7.99. The standard InChI is InChI=1S/C20H14O4S/c21-11-7-9-12(10-8-11)25-20-13-3-1-5-15(22)17(13)19(24)18-14(20)4-2-6-16(18)23/h1-10,20-23H. The molecule has 3 aromatic carbocycles. The molecule has 3 N–H and O–H groups in total. The summed E-state index contributed by atoms with van der Waals surface area (Å²) in [5.74, 6) is -0.372. The number of benzene rings is 3. The second kappa shape index (κ2) is 5.86. The molecule has 1 aliphatic carbocycles. The van der Waals surface area contributed by atoms with Crippen LogP contribution in [0.4, 0.5) is 0 Å². The molecule has 0 aromatic heterocycles. The third-order valence-corrected chi connectivity index (χ3v) is 5.55. The Kier molecular flexibility index (Phi) is 3.66. The minimum absolute atomic E-state index is 0.0901. The van der Waals surface area contributed by atoms with Gasteiger partial charge in [-0.05, 0) is 47.5 Å². The van der Waals surface area contributed by atoms with Crippen LogP contribution < -0.4 is 0 Å². The number of ketones is 1. The fraction of sp³-hybridized carbons (Fsp3) is 0.0500. The van der Waals surface area contributed by atoms with Crippen molar-refractivity contribution in [1.82, 2.24) is 0 Å². The first-order valence-corrected chi connectivity index (χ1v) is 8.58. The van der Waals surface area contributed by atoms with Gasteiger partial charge in [-0.25, -0.2) is 0 Å². The highest BCUT2D eigenvalue weighted by atomic mass is 32.2. The fourth-order valence-corrected chi connectivity index (χ4v) is 4.34. The Morgan fingerprint density at radius 1 is 0.720 bits per heavy atom. The topological polar surface area (TPSA) is 77.8 Å². The van der Waals surface area contributed by atoms with Crippen LogP contribution in [0.2, 0.25) is 0 Å². The second-order valence-electron chi connectivity index (χ2n) is 5.80. The summed E-state index contributed by atoms with van der Waals surface area (Å²) in [5, 5.41) is 29.6. The van der Waals surface area contributed by atoms with Crippen molar-refractivity contribution in [2.45, 2.75) is 10.1 Å². The number of carbonyl (C=O) groups is 1. The first kappa shape index (κ1) is 15.6. The predicted molar refractivity (Wildman–Crippen MR) is 95.5 cm³/mol.